The van der Waals surface area contributed by atoms with E-state index in [-0.39, 0.29) is 24.8 Å². The molecule has 2 amide bonds. The van der Waals surface area contributed by atoms with E-state index in [1.165, 1.54) is 11.8 Å². The quantitative estimate of drug-likeness (QED) is 0.766. The highest BCUT2D eigenvalue weighted by Crippen LogP contribution is 2.12. The van der Waals surface area contributed by atoms with Gasteiger partial charge in [-0.3, -0.25) is 9.59 Å². The summed E-state index contributed by atoms with van der Waals surface area (Å²) in [4.78, 5) is 36.0. The van der Waals surface area contributed by atoms with Crippen molar-refractivity contribution in [3.63, 3.8) is 0 Å². The number of carbonyl (C=O) groups excluding carboxylic acids is 3. The zero-order valence-electron chi connectivity index (χ0n) is 12.9. The van der Waals surface area contributed by atoms with Crippen molar-refractivity contribution in [1.29, 1.82) is 0 Å². The number of rotatable bonds is 5. The second-order valence-electron chi connectivity index (χ2n) is 5.13. The fraction of sp³-hybridized carbons (Fsp3) is 0.438. The van der Waals surface area contributed by atoms with Crippen molar-refractivity contribution in [3.8, 4) is 0 Å². The Morgan fingerprint density at radius 2 is 2.04 bits per heavy atom. The van der Waals surface area contributed by atoms with Crippen LogP contribution in [0.4, 0.5) is 0 Å². The minimum atomic E-state index is -0.663. The molecule has 6 nitrogen and oxygen atoms in total. The molecule has 0 saturated carbocycles. The first-order valence-electron chi connectivity index (χ1n) is 7.48. The average Bonchev–Trinajstić information content (AvgIpc) is 2.71. The standard InChI is InChI=1S/C16H20N2O4S/c1-2-22-16(21)13-10-23-9-12(15(20)18-13)17-14(19)8-11-6-4-3-5-7-11/h3-7,12-13H,2,8-10H2,1H3,(H,17,19)(H,18,20)/t12-,13-/m0/s1. The Labute approximate surface area is 139 Å². The van der Waals surface area contributed by atoms with Gasteiger partial charge in [-0.1, -0.05) is 30.3 Å². The molecule has 0 radical (unpaired) electrons. The number of ether oxygens (including phenoxy) is 1. The Morgan fingerprint density at radius 1 is 1.30 bits per heavy atom. The van der Waals surface area contributed by atoms with E-state index in [0.29, 0.717) is 11.5 Å². The van der Waals surface area contributed by atoms with E-state index in [0.717, 1.165) is 5.56 Å². The summed E-state index contributed by atoms with van der Waals surface area (Å²) in [6.45, 7) is 1.99. The van der Waals surface area contributed by atoms with Gasteiger partial charge in [0, 0.05) is 11.5 Å². The highest BCUT2D eigenvalue weighted by atomic mass is 32.2. The number of hydrogen-bond acceptors (Lipinski definition) is 5. The second kappa shape index (κ2) is 8.57. The molecule has 124 valence electrons. The fourth-order valence-electron chi connectivity index (χ4n) is 2.20. The molecule has 2 N–H and O–H groups in total. The topological polar surface area (TPSA) is 84.5 Å². The van der Waals surface area contributed by atoms with Crippen LogP contribution >= 0.6 is 11.8 Å². The molecular formula is C16H20N2O4S. The molecule has 1 aromatic rings. The number of carbonyl (C=O) groups is 3. The number of thioether (sulfide) groups is 1. The van der Waals surface area contributed by atoms with Gasteiger partial charge in [0.2, 0.25) is 11.8 Å². The third kappa shape index (κ3) is 5.28. The molecule has 0 spiro atoms. The summed E-state index contributed by atoms with van der Waals surface area (Å²) < 4.78 is 4.93. The summed E-state index contributed by atoms with van der Waals surface area (Å²) in [5.74, 6) is -0.136. The maximum atomic E-state index is 12.2. The van der Waals surface area contributed by atoms with Crippen molar-refractivity contribution in [2.75, 3.05) is 18.1 Å². The molecule has 1 saturated heterocycles. The number of esters is 1. The van der Waals surface area contributed by atoms with E-state index in [1.807, 2.05) is 30.3 Å². The van der Waals surface area contributed by atoms with Crippen LogP contribution in [-0.4, -0.2) is 48.0 Å². The molecule has 1 aliphatic heterocycles. The lowest BCUT2D eigenvalue weighted by atomic mass is 10.1. The van der Waals surface area contributed by atoms with E-state index < -0.39 is 18.1 Å². The first-order valence-corrected chi connectivity index (χ1v) is 8.63. The molecule has 0 aliphatic carbocycles. The van der Waals surface area contributed by atoms with Crippen LogP contribution in [0, 0.1) is 0 Å². The third-order valence-electron chi connectivity index (χ3n) is 3.32. The van der Waals surface area contributed by atoms with Crippen LogP contribution in [0.5, 0.6) is 0 Å². The minimum absolute atomic E-state index is 0.216. The van der Waals surface area contributed by atoms with Crippen LogP contribution < -0.4 is 10.6 Å². The zero-order chi connectivity index (χ0) is 16.7. The van der Waals surface area contributed by atoms with E-state index in [1.54, 1.807) is 6.92 Å². The van der Waals surface area contributed by atoms with Crippen molar-refractivity contribution in [2.45, 2.75) is 25.4 Å². The summed E-state index contributed by atoms with van der Waals surface area (Å²) in [6, 6.07) is 8.02. The molecule has 1 heterocycles. The van der Waals surface area contributed by atoms with Crippen LogP contribution in [0.2, 0.25) is 0 Å². The summed E-state index contributed by atoms with van der Waals surface area (Å²) in [6.07, 6.45) is 0.219. The van der Waals surface area contributed by atoms with Gasteiger partial charge < -0.3 is 15.4 Å². The lowest BCUT2D eigenvalue weighted by molar-refractivity contribution is -0.146. The molecule has 2 atom stereocenters. The predicted octanol–water partition coefficient (Wildman–Crippen LogP) is 0.509. The van der Waals surface area contributed by atoms with Crippen molar-refractivity contribution in [3.05, 3.63) is 35.9 Å². The van der Waals surface area contributed by atoms with Gasteiger partial charge in [0.05, 0.1) is 13.0 Å². The van der Waals surface area contributed by atoms with Crippen LogP contribution in [0.1, 0.15) is 12.5 Å². The van der Waals surface area contributed by atoms with E-state index >= 15 is 0 Å². The highest BCUT2D eigenvalue weighted by molar-refractivity contribution is 7.99. The molecule has 23 heavy (non-hydrogen) atoms. The highest BCUT2D eigenvalue weighted by Gasteiger charge is 2.31. The van der Waals surface area contributed by atoms with E-state index in [4.69, 9.17) is 4.74 Å². The van der Waals surface area contributed by atoms with Gasteiger partial charge in [0.1, 0.15) is 12.1 Å². The molecule has 7 heteroatoms. The number of benzene rings is 1. The second-order valence-corrected chi connectivity index (χ2v) is 6.21. The summed E-state index contributed by atoms with van der Waals surface area (Å²) >= 11 is 1.44. The van der Waals surface area contributed by atoms with E-state index in [2.05, 4.69) is 10.6 Å². The molecule has 1 fully saturated rings. The maximum absolute atomic E-state index is 12.2. The van der Waals surface area contributed by atoms with Crippen molar-refractivity contribution >= 4 is 29.5 Å². The number of hydrogen-bond donors (Lipinski definition) is 2. The maximum Gasteiger partial charge on any atom is 0.329 e. The Bertz CT molecular complexity index is 564. The van der Waals surface area contributed by atoms with E-state index in [9.17, 15) is 14.4 Å². The van der Waals surface area contributed by atoms with Gasteiger partial charge in [0.15, 0.2) is 0 Å². The van der Waals surface area contributed by atoms with Crippen LogP contribution in [0.3, 0.4) is 0 Å². The van der Waals surface area contributed by atoms with Crippen LogP contribution in [0.25, 0.3) is 0 Å². The molecule has 2 rings (SSSR count). The number of nitrogens with one attached hydrogen (secondary N) is 2. The molecule has 1 aliphatic rings. The van der Waals surface area contributed by atoms with Gasteiger partial charge in [0.25, 0.3) is 0 Å². The lowest BCUT2D eigenvalue weighted by Crippen LogP contribution is -2.51. The average molecular weight is 336 g/mol. The first-order chi connectivity index (χ1) is 11.1. The van der Waals surface area contributed by atoms with Crippen molar-refractivity contribution in [2.24, 2.45) is 0 Å². The van der Waals surface area contributed by atoms with Gasteiger partial charge in [-0.25, -0.2) is 4.79 Å². The summed E-state index contributed by atoms with van der Waals surface area (Å²) in [5.41, 5.74) is 0.885. The van der Waals surface area contributed by atoms with Gasteiger partial charge >= 0.3 is 5.97 Å². The smallest absolute Gasteiger partial charge is 0.329 e. The molecule has 0 bridgehead atoms. The summed E-state index contributed by atoms with van der Waals surface area (Å²) in [5, 5.41) is 5.36. The van der Waals surface area contributed by atoms with Crippen molar-refractivity contribution in [1.82, 2.24) is 10.6 Å². The normalized spacial score (nSPS) is 21.0. The number of amides is 2. The van der Waals surface area contributed by atoms with Gasteiger partial charge in [-0.05, 0) is 12.5 Å². The predicted molar refractivity (Wildman–Crippen MR) is 88.0 cm³/mol. The van der Waals surface area contributed by atoms with Crippen LogP contribution in [-0.2, 0) is 25.5 Å². The van der Waals surface area contributed by atoms with Crippen LogP contribution in [0.15, 0.2) is 30.3 Å². The minimum Gasteiger partial charge on any atom is -0.464 e. The molecule has 0 unspecified atom stereocenters. The Kier molecular flexibility index (Phi) is 6.46. The molecule has 1 aromatic carbocycles. The largest absolute Gasteiger partial charge is 0.464 e. The summed E-state index contributed by atoms with van der Waals surface area (Å²) in [7, 11) is 0. The Hall–Kier alpha value is -2.02. The molecule has 0 aromatic heterocycles. The molecular weight excluding hydrogens is 316 g/mol. The van der Waals surface area contributed by atoms with Crippen molar-refractivity contribution < 1.29 is 19.1 Å². The fourth-order valence-corrected chi connectivity index (χ4v) is 3.26. The third-order valence-corrected chi connectivity index (χ3v) is 4.45. The lowest BCUT2D eigenvalue weighted by Gasteiger charge is -2.17. The monoisotopic (exact) mass is 336 g/mol. The zero-order valence-corrected chi connectivity index (χ0v) is 13.7. The first kappa shape index (κ1) is 17.3. The Morgan fingerprint density at radius 3 is 2.74 bits per heavy atom. The van der Waals surface area contributed by atoms with Gasteiger partial charge in [-0.2, -0.15) is 11.8 Å². The Balaban J connectivity index is 1.89. The SMILES string of the molecule is CCOC(=O)[C@@H]1CSC[C@H](NC(=O)Cc2ccccc2)C(=O)N1. The van der Waals surface area contributed by atoms with Gasteiger partial charge in [-0.15, -0.1) is 0 Å².